The highest BCUT2D eigenvalue weighted by Gasteiger charge is 2.67. The van der Waals surface area contributed by atoms with E-state index in [2.05, 4.69) is 46.0 Å². The highest BCUT2D eigenvalue weighted by Crippen LogP contribution is 2.71. The number of carbonyl (C=O) groups excluding carboxylic acids is 2. The standard InChI is InChI=1S/C34H53NO4/c1-8-9-30(37)38-25-14-16-32(5)24(18-25)11-12-26-27(32)15-17-33(6)28(26)19-34(7)31(33)22(3)29(39-34)13-10-21(2)20-35-23(4)36/h11,21,25-28,31H,8-10,12-20H2,1-7H3,(H,35,36)/t21-,25+,26+,27-,28-,31+,32+,33+,34-/m1/s1. The highest BCUT2D eigenvalue weighted by molar-refractivity contribution is 5.72. The number of ether oxygens (including phenoxy) is 2. The van der Waals surface area contributed by atoms with E-state index in [-0.39, 0.29) is 34.4 Å². The summed E-state index contributed by atoms with van der Waals surface area (Å²) in [6.07, 6.45) is 14.0. The van der Waals surface area contributed by atoms with Crippen LogP contribution in [0.1, 0.15) is 119 Å². The lowest BCUT2D eigenvalue weighted by Gasteiger charge is -2.58. The van der Waals surface area contributed by atoms with Crippen molar-refractivity contribution in [3.05, 3.63) is 23.0 Å². The third kappa shape index (κ3) is 4.99. The van der Waals surface area contributed by atoms with Crippen LogP contribution < -0.4 is 5.32 Å². The zero-order valence-corrected chi connectivity index (χ0v) is 25.7. The molecule has 5 heteroatoms. The first kappa shape index (κ1) is 28.7. The number of esters is 1. The normalized spacial score (nSPS) is 41.4. The Bertz CT molecular complexity index is 1050. The second kappa shape index (κ2) is 10.6. The third-order valence-corrected chi connectivity index (χ3v) is 11.9. The molecule has 0 aromatic carbocycles. The highest BCUT2D eigenvalue weighted by atomic mass is 16.5. The molecule has 0 spiro atoms. The monoisotopic (exact) mass is 539 g/mol. The summed E-state index contributed by atoms with van der Waals surface area (Å²) in [4.78, 5) is 23.5. The topological polar surface area (TPSA) is 64.6 Å². The van der Waals surface area contributed by atoms with E-state index in [1.807, 2.05) is 6.92 Å². The smallest absolute Gasteiger partial charge is 0.306 e. The van der Waals surface area contributed by atoms with Gasteiger partial charge in [0.15, 0.2) is 0 Å². The van der Waals surface area contributed by atoms with Gasteiger partial charge in [-0.15, -0.1) is 0 Å². The number of amides is 1. The van der Waals surface area contributed by atoms with Crippen LogP contribution in [0.4, 0.5) is 0 Å². The molecular formula is C34H53NO4. The molecule has 3 saturated carbocycles. The van der Waals surface area contributed by atoms with Gasteiger partial charge >= 0.3 is 5.97 Å². The van der Waals surface area contributed by atoms with Crippen LogP contribution in [0, 0.1) is 40.4 Å². The first-order chi connectivity index (χ1) is 18.4. The molecule has 39 heavy (non-hydrogen) atoms. The Morgan fingerprint density at radius 1 is 1.18 bits per heavy atom. The third-order valence-electron chi connectivity index (χ3n) is 11.9. The summed E-state index contributed by atoms with van der Waals surface area (Å²) >= 11 is 0. The minimum absolute atomic E-state index is 0.0236. The van der Waals surface area contributed by atoms with Gasteiger partial charge in [0, 0.05) is 38.6 Å². The maximum Gasteiger partial charge on any atom is 0.306 e. The lowest BCUT2D eigenvalue weighted by atomic mass is 9.47. The van der Waals surface area contributed by atoms with Crippen LogP contribution in [0.3, 0.4) is 0 Å². The summed E-state index contributed by atoms with van der Waals surface area (Å²) in [6, 6.07) is 0. The van der Waals surface area contributed by atoms with Crippen molar-refractivity contribution in [1.29, 1.82) is 0 Å². The van der Waals surface area contributed by atoms with E-state index in [0.29, 0.717) is 24.2 Å². The summed E-state index contributed by atoms with van der Waals surface area (Å²) in [5.74, 6) is 4.34. The van der Waals surface area contributed by atoms with Crippen molar-refractivity contribution < 1.29 is 19.1 Å². The van der Waals surface area contributed by atoms with E-state index in [9.17, 15) is 9.59 Å². The second-order valence-electron chi connectivity index (χ2n) is 14.6. The van der Waals surface area contributed by atoms with Crippen molar-refractivity contribution in [3.8, 4) is 0 Å². The van der Waals surface area contributed by atoms with Crippen molar-refractivity contribution in [2.24, 2.45) is 40.4 Å². The van der Waals surface area contributed by atoms with E-state index in [1.54, 1.807) is 12.5 Å². The average Bonchev–Trinajstić information content (AvgIpc) is 3.27. The Hall–Kier alpha value is -1.78. The number of fused-ring (bicyclic) bond motifs is 7. The predicted molar refractivity (Wildman–Crippen MR) is 155 cm³/mol. The van der Waals surface area contributed by atoms with Gasteiger partial charge in [-0.3, -0.25) is 9.59 Å². The molecule has 3 fully saturated rings. The molecule has 1 aliphatic heterocycles. The van der Waals surface area contributed by atoms with Crippen LogP contribution >= 0.6 is 0 Å². The molecule has 0 saturated heterocycles. The van der Waals surface area contributed by atoms with Crippen LogP contribution in [0.25, 0.3) is 0 Å². The number of carbonyl (C=O) groups is 2. The fraction of sp³-hybridized carbons (Fsp3) is 0.824. The van der Waals surface area contributed by atoms with Crippen molar-refractivity contribution >= 4 is 11.9 Å². The lowest BCUT2D eigenvalue weighted by Crippen LogP contribution is -2.50. The average molecular weight is 540 g/mol. The largest absolute Gasteiger partial charge is 0.491 e. The van der Waals surface area contributed by atoms with Gasteiger partial charge in [-0.05, 0) is 105 Å². The molecule has 9 atom stereocenters. The molecule has 0 bridgehead atoms. The fourth-order valence-corrected chi connectivity index (χ4v) is 10.1. The zero-order valence-electron chi connectivity index (χ0n) is 25.7. The first-order valence-electron chi connectivity index (χ1n) is 15.9. The number of nitrogens with one attached hydrogen (secondary N) is 1. The van der Waals surface area contributed by atoms with Crippen LogP contribution in [0.5, 0.6) is 0 Å². The Labute approximate surface area is 236 Å². The second-order valence-corrected chi connectivity index (χ2v) is 14.6. The van der Waals surface area contributed by atoms with E-state index < -0.39 is 0 Å². The van der Waals surface area contributed by atoms with Gasteiger partial charge < -0.3 is 14.8 Å². The van der Waals surface area contributed by atoms with Gasteiger partial charge in [0.1, 0.15) is 11.7 Å². The van der Waals surface area contributed by atoms with E-state index in [1.165, 1.54) is 30.6 Å². The molecular weight excluding hydrogens is 486 g/mol. The fourth-order valence-electron chi connectivity index (χ4n) is 10.1. The SMILES string of the molecule is CCCC(=O)O[C@H]1CC[C@@]2(C)C(=CC[C@@H]3[C@H]4C[C@@]5(C)OC(CC[C@@H](C)CNC(C)=O)=C(C)[C@H]5[C@@]4(C)CC[C@H]32)C1. The van der Waals surface area contributed by atoms with E-state index in [4.69, 9.17) is 9.47 Å². The van der Waals surface area contributed by atoms with E-state index in [0.717, 1.165) is 63.3 Å². The Kier molecular flexibility index (Phi) is 7.78. The lowest BCUT2D eigenvalue weighted by molar-refractivity contribution is -0.151. The predicted octanol–water partition coefficient (Wildman–Crippen LogP) is 7.50. The first-order valence-corrected chi connectivity index (χ1v) is 15.9. The molecule has 0 aromatic heterocycles. The molecule has 1 N–H and O–H groups in total. The zero-order chi connectivity index (χ0) is 28.2. The number of rotatable bonds is 8. The quantitative estimate of drug-likeness (QED) is 0.256. The van der Waals surface area contributed by atoms with Crippen LogP contribution in [-0.2, 0) is 19.1 Å². The van der Waals surface area contributed by atoms with Crippen molar-refractivity contribution in [2.45, 2.75) is 131 Å². The van der Waals surface area contributed by atoms with Gasteiger partial charge in [0.2, 0.25) is 5.91 Å². The molecule has 1 amide bonds. The van der Waals surface area contributed by atoms with Gasteiger partial charge in [-0.2, -0.15) is 0 Å². The molecule has 0 unspecified atom stereocenters. The van der Waals surface area contributed by atoms with E-state index >= 15 is 0 Å². The Balaban J connectivity index is 1.30. The molecule has 218 valence electrons. The number of hydrogen-bond donors (Lipinski definition) is 1. The summed E-state index contributed by atoms with van der Waals surface area (Å²) in [5, 5.41) is 2.96. The van der Waals surface area contributed by atoms with Crippen LogP contribution in [0.15, 0.2) is 23.0 Å². The van der Waals surface area contributed by atoms with Gasteiger partial charge in [-0.1, -0.05) is 39.3 Å². The van der Waals surface area contributed by atoms with Crippen molar-refractivity contribution in [2.75, 3.05) is 6.54 Å². The maximum absolute atomic E-state index is 12.2. The minimum Gasteiger partial charge on any atom is -0.491 e. The Morgan fingerprint density at radius 3 is 2.67 bits per heavy atom. The van der Waals surface area contributed by atoms with Gasteiger partial charge in [0.05, 0.1) is 5.76 Å². The van der Waals surface area contributed by atoms with Gasteiger partial charge in [0.25, 0.3) is 0 Å². The molecule has 5 nitrogen and oxygen atoms in total. The summed E-state index contributed by atoms with van der Waals surface area (Å²) in [5.41, 5.74) is 3.51. The number of hydrogen-bond acceptors (Lipinski definition) is 4. The van der Waals surface area contributed by atoms with Crippen LogP contribution in [0.2, 0.25) is 0 Å². The molecule has 4 aliphatic carbocycles. The number of allylic oxidation sites excluding steroid dienone is 2. The van der Waals surface area contributed by atoms with Crippen molar-refractivity contribution in [3.63, 3.8) is 0 Å². The molecule has 5 rings (SSSR count). The summed E-state index contributed by atoms with van der Waals surface area (Å²) in [7, 11) is 0. The summed E-state index contributed by atoms with van der Waals surface area (Å²) < 4.78 is 12.8. The maximum atomic E-state index is 12.2. The summed E-state index contributed by atoms with van der Waals surface area (Å²) in [6.45, 7) is 16.5. The van der Waals surface area contributed by atoms with Gasteiger partial charge in [-0.25, -0.2) is 0 Å². The molecule has 0 aromatic rings. The molecule has 5 aliphatic rings. The Morgan fingerprint density at radius 2 is 1.95 bits per heavy atom. The van der Waals surface area contributed by atoms with Crippen LogP contribution in [-0.4, -0.2) is 30.1 Å². The van der Waals surface area contributed by atoms with Crippen molar-refractivity contribution in [1.82, 2.24) is 5.32 Å². The molecule has 0 radical (unpaired) electrons. The minimum atomic E-state index is -0.0926. The molecule has 1 heterocycles.